The fraction of sp³-hybridized carbons (Fsp3) is 0. The largest absolute Gasteiger partial charge is 0.545 e. The third-order valence-electron chi connectivity index (χ3n) is 14.4. The predicted octanol–water partition coefficient (Wildman–Crippen LogP) is 3.53. The zero-order chi connectivity index (χ0) is 64.8. The maximum Gasteiger partial charge on any atom is 0.261 e. The van der Waals surface area contributed by atoms with Crippen molar-refractivity contribution >= 4 is 131 Å². The number of carboxylic acid groups (broad SMARTS) is 4. The molecule has 0 fully saturated rings. The molecule has 0 saturated carbocycles. The molecule has 92 heavy (non-hydrogen) atoms. The van der Waals surface area contributed by atoms with Crippen LogP contribution in [0.5, 0.6) is 0 Å². The molecular weight excluding hydrogens is 1270 g/mol. The summed E-state index contributed by atoms with van der Waals surface area (Å²) in [6, 6.07) is 34.3. The molecule has 0 atom stereocenters. The average Bonchev–Trinajstić information content (AvgIpc) is 1.59. The summed E-state index contributed by atoms with van der Waals surface area (Å²) in [4.78, 5) is 79.9. The van der Waals surface area contributed by atoms with Crippen molar-refractivity contribution < 1.29 is 73.3 Å². The van der Waals surface area contributed by atoms with Crippen LogP contribution in [0.4, 0.5) is 22.7 Å². The summed E-state index contributed by atoms with van der Waals surface area (Å²) in [6.07, 6.45) is 0. The van der Waals surface area contributed by atoms with Crippen molar-refractivity contribution in [2.75, 3.05) is 18.9 Å². The molecule has 2 aliphatic heterocycles. The Morgan fingerprint density at radius 3 is 0.793 bits per heavy atom. The maximum absolute atomic E-state index is 14.2. The van der Waals surface area contributed by atoms with Gasteiger partial charge in [-0.25, -0.2) is 63.6 Å². The Labute approximate surface area is 517 Å². The Morgan fingerprint density at radius 2 is 0.522 bits per heavy atom. The number of carbonyl (C=O) groups is 4. The van der Waals surface area contributed by atoms with E-state index >= 15 is 0 Å². The summed E-state index contributed by atoms with van der Waals surface area (Å²) >= 11 is 0. The number of hydrogen-bond donors (Lipinski definition) is 6. The van der Waals surface area contributed by atoms with Gasteiger partial charge in [-0.15, -0.1) is 0 Å². The van der Waals surface area contributed by atoms with Crippen LogP contribution in [0.1, 0.15) is 41.4 Å². The van der Waals surface area contributed by atoms with E-state index in [0.717, 1.165) is 48.5 Å². The summed E-state index contributed by atoms with van der Waals surface area (Å²) in [7, 11) is -18.0. The van der Waals surface area contributed by atoms with E-state index in [1.54, 1.807) is 0 Å². The van der Waals surface area contributed by atoms with Crippen LogP contribution >= 0.6 is 0 Å². The molecule has 0 saturated heterocycles. The molecule has 3 aromatic heterocycles. The second-order valence-corrected chi connectivity index (χ2v) is 27.1. The number of carbonyl (C=O) groups excluding carboxylic acids is 4. The molecule has 32 heteroatoms. The first kappa shape index (κ1) is 59.0. The third-order valence-corrected chi connectivity index (χ3v) is 20.0. The molecule has 28 nitrogen and oxygen atoms in total. The number of hydrogen-bond acceptors (Lipinski definition) is 22. The lowest BCUT2D eigenvalue weighted by atomic mass is 10.1. The molecule has 0 amide bonds. The van der Waals surface area contributed by atoms with Crippen LogP contribution in [-0.2, 0) is 40.1 Å². The van der Waals surface area contributed by atoms with E-state index in [1.807, 2.05) is 0 Å². The molecule has 0 aliphatic carbocycles. The number of sulfonamides is 4. The number of rotatable bonds is 16. The highest BCUT2D eigenvalue weighted by atomic mass is 32.2. The first-order valence-corrected chi connectivity index (χ1v) is 32.5. The summed E-state index contributed by atoms with van der Waals surface area (Å²) in [5.41, 5.74) is -0.808. The van der Waals surface area contributed by atoms with Crippen LogP contribution in [0, 0.1) is 0 Å². The van der Waals surface area contributed by atoms with Gasteiger partial charge in [0, 0.05) is 66.5 Å². The lowest BCUT2D eigenvalue weighted by molar-refractivity contribution is -0.256. The molecule has 6 N–H and O–H groups in total. The number of aromatic carboxylic acids is 4. The van der Waals surface area contributed by atoms with Gasteiger partial charge in [0.2, 0.25) is 0 Å². The summed E-state index contributed by atoms with van der Waals surface area (Å²) < 4.78 is 123. The number of nitrogens with one attached hydrogen (secondary N) is 6. The Balaban J connectivity index is 1.05. The van der Waals surface area contributed by atoms with Crippen molar-refractivity contribution in [1.82, 2.24) is 39.9 Å². The molecule has 5 heterocycles. The van der Waals surface area contributed by atoms with E-state index in [0.29, 0.717) is 0 Å². The molecule has 13 rings (SSSR count). The zero-order valence-electron chi connectivity index (χ0n) is 46.0. The topological polar surface area (TPSA) is 454 Å². The third kappa shape index (κ3) is 11.1. The standard InChI is InChI=1S/C60H38N12O16S4/c73-57(74)29-1-9-33(10-2-29)69-89(81,82)37-17-21-41-45(25-37)53-61-49(41)66-54-47-27-39(91(85,86)71-35-13-5-31(6-14-35)59(77)78)19-23-43(47)51(63-54)68-56-48-28-40(92(87,88)72-36-15-7-32(8-16-36)60(79)80)20-24-44(48)52(64-56)67-55-46-26-38(18-22-42(46)50(62-55)65-53)90(83,84)70-34-11-3-30(4-12-34)58(75)76/h1-28,69-72H,(H,73,74)(H,75,76)(H,77,78)(H,79,80)(H2,61,62,63,64,65,66,67,68)/p-4. The van der Waals surface area contributed by atoms with Gasteiger partial charge in [0.25, 0.3) is 40.1 Å². The quantitative estimate of drug-likeness (QED) is 0.0805. The highest BCUT2D eigenvalue weighted by molar-refractivity contribution is 7.93. The first-order chi connectivity index (χ1) is 43.7. The molecule has 0 unspecified atom stereocenters. The number of aromatic amines is 2. The van der Waals surface area contributed by atoms with E-state index in [9.17, 15) is 73.3 Å². The van der Waals surface area contributed by atoms with Crippen LogP contribution < -0.4 is 39.3 Å². The zero-order valence-corrected chi connectivity index (χ0v) is 49.3. The van der Waals surface area contributed by atoms with Crippen molar-refractivity contribution in [3.05, 3.63) is 192 Å². The minimum Gasteiger partial charge on any atom is -0.545 e. The number of H-pyrrole nitrogens is 2. The minimum atomic E-state index is -4.50. The van der Waals surface area contributed by atoms with Crippen molar-refractivity contribution in [2.24, 2.45) is 0 Å². The lowest BCUT2D eigenvalue weighted by Gasteiger charge is -2.10. The van der Waals surface area contributed by atoms with E-state index in [1.165, 1.54) is 121 Å². The van der Waals surface area contributed by atoms with Crippen LogP contribution in [0.25, 0.3) is 89.7 Å². The van der Waals surface area contributed by atoms with Gasteiger partial charge in [-0.3, -0.25) is 18.9 Å². The SMILES string of the molecule is O=C([O-])c1ccc(NS(=O)(=O)c2ccc3c(c2)-c2nc-3nc3[nH]c(nc4nc(nc5[nH]c(n2)c2ccc(S(=O)(=O)Nc6ccc(C(=O)[O-])cc6)cc52)-c2ccc(S(=O)(=O)Nc5ccc(C(=O)[O-])cc5)cc2-4)c2ccc(S(=O)(=O)Nc4ccc(C(=O)[O-])cc4)cc32)cc1. The summed E-state index contributed by atoms with van der Waals surface area (Å²) in [5, 5.41) is 46.4. The number of benzene rings is 8. The van der Waals surface area contributed by atoms with Gasteiger partial charge in [0.15, 0.2) is 23.3 Å². The van der Waals surface area contributed by atoms with E-state index in [2.05, 4.69) is 28.9 Å². The second kappa shape index (κ2) is 21.9. The number of carboxylic acids is 4. The fourth-order valence-corrected chi connectivity index (χ4v) is 14.3. The molecule has 8 bridgehead atoms. The predicted molar refractivity (Wildman–Crippen MR) is 322 cm³/mol. The highest BCUT2D eigenvalue weighted by Gasteiger charge is 2.28. The van der Waals surface area contributed by atoms with Crippen molar-refractivity contribution in [2.45, 2.75) is 19.6 Å². The number of aromatic nitrogens is 8. The molecule has 2 aliphatic rings. The van der Waals surface area contributed by atoms with E-state index in [-0.39, 0.29) is 154 Å². The minimum absolute atomic E-state index is 0.0127. The van der Waals surface area contributed by atoms with Crippen LogP contribution in [0.15, 0.2) is 189 Å². The highest BCUT2D eigenvalue weighted by Crippen LogP contribution is 2.40. The number of fused-ring (bicyclic) bond motifs is 20. The normalized spacial score (nSPS) is 12.2. The fourth-order valence-electron chi connectivity index (χ4n) is 9.93. The summed E-state index contributed by atoms with van der Waals surface area (Å²) in [5.74, 6) is -6.64. The smallest absolute Gasteiger partial charge is 0.261 e. The van der Waals surface area contributed by atoms with Crippen LogP contribution in [0.3, 0.4) is 0 Å². The Hall–Kier alpha value is -12.0. The van der Waals surface area contributed by atoms with Gasteiger partial charge in [-0.05, 0) is 144 Å². The van der Waals surface area contributed by atoms with Crippen LogP contribution in [0.2, 0.25) is 0 Å². The first-order valence-electron chi connectivity index (χ1n) is 26.5. The van der Waals surface area contributed by atoms with E-state index < -0.39 is 64.0 Å². The molecular formula is C60H34N12O16S4-4. The van der Waals surface area contributed by atoms with Gasteiger partial charge in [-0.2, -0.15) is 0 Å². The average molecular weight is 1310 g/mol. The van der Waals surface area contributed by atoms with Gasteiger partial charge < -0.3 is 49.6 Å². The molecule has 11 aromatic rings. The van der Waals surface area contributed by atoms with Crippen molar-refractivity contribution in [1.29, 1.82) is 0 Å². The van der Waals surface area contributed by atoms with Gasteiger partial charge >= 0.3 is 0 Å². The van der Waals surface area contributed by atoms with Gasteiger partial charge in [-0.1, -0.05) is 48.5 Å². The molecule has 0 radical (unpaired) electrons. The maximum atomic E-state index is 14.2. The van der Waals surface area contributed by atoms with Crippen LogP contribution in [-0.4, -0.2) is 97.4 Å². The molecule has 8 aromatic carbocycles. The van der Waals surface area contributed by atoms with Crippen molar-refractivity contribution in [3.8, 4) is 45.6 Å². The monoisotopic (exact) mass is 1310 g/mol. The Bertz CT molecular complexity index is 5360. The number of anilines is 4. The van der Waals surface area contributed by atoms with Gasteiger partial charge in [0.05, 0.1) is 43.5 Å². The molecule has 0 spiro atoms. The second-order valence-electron chi connectivity index (χ2n) is 20.3. The van der Waals surface area contributed by atoms with Crippen molar-refractivity contribution in [3.63, 3.8) is 0 Å². The Morgan fingerprint density at radius 1 is 0.283 bits per heavy atom. The lowest BCUT2D eigenvalue weighted by Crippen LogP contribution is -2.22. The van der Waals surface area contributed by atoms with Gasteiger partial charge in [0.1, 0.15) is 22.6 Å². The van der Waals surface area contributed by atoms with E-state index in [4.69, 9.17) is 29.9 Å². The summed E-state index contributed by atoms with van der Waals surface area (Å²) in [6.45, 7) is 0. The number of nitrogens with zero attached hydrogens (tertiary/aromatic N) is 6. The molecule has 458 valence electrons. The Kier molecular flexibility index (Phi) is 14.1.